The molecule has 5 nitrogen and oxygen atoms in total. The van der Waals surface area contributed by atoms with Gasteiger partial charge in [0.05, 0.1) is 11.2 Å². The summed E-state index contributed by atoms with van der Waals surface area (Å²) in [6.45, 7) is 1.27. The summed E-state index contributed by atoms with van der Waals surface area (Å²) in [7, 11) is 0. The number of anilines is 2. The van der Waals surface area contributed by atoms with Crippen molar-refractivity contribution in [1.82, 2.24) is 4.98 Å². The summed E-state index contributed by atoms with van der Waals surface area (Å²) in [5, 5.41) is 14.8. The van der Waals surface area contributed by atoms with Crippen LogP contribution in [0.15, 0.2) is 60.7 Å². The second kappa shape index (κ2) is 7.60. The van der Waals surface area contributed by atoms with Crippen molar-refractivity contribution in [3.63, 3.8) is 0 Å². The lowest BCUT2D eigenvalue weighted by molar-refractivity contribution is 0.299. The van der Waals surface area contributed by atoms with E-state index in [1.807, 2.05) is 48.5 Å². The molecule has 138 valence electrons. The summed E-state index contributed by atoms with van der Waals surface area (Å²) in [5.41, 5.74) is 11.1. The average Bonchev–Trinajstić information content (AvgIpc) is 3.04. The Hall–Kier alpha value is -3.18. The highest BCUT2D eigenvalue weighted by atomic mass is 16.5. The molecule has 0 saturated heterocycles. The van der Waals surface area contributed by atoms with Gasteiger partial charge in [-0.3, -0.25) is 0 Å². The topological polar surface area (TPSA) is 83.3 Å². The van der Waals surface area contributed by atoms with Crippen molar-refractivity contribution in [3.05, 3.63) is 66.2 Å². The van der Waals surface area contributed by atoms with Gasteiger partial charge in [-0.05, 0) is 30.2 Å². The second-order valence-electron chi connectivity index (χ2n) is 6.51. The minimum atomic E-state index is 0.135. The fraction of sp³-hybridized carbons (Fsp3) is 0.182. The van der Waals surface area contributed by atoms with Crippen LogP contribution in [-0.2, 0) is 6.42 Å². The van der Waals surface area contributed by atoms with Crippen LogP contribution in [0.25, 0.3) is 21.8 Å². The number of hydrogen-bond donors (Lipinski definition) is 4. The van der Waals surface area contributed by atoms with E-state index in [4.69, 9.17) is 15.6 Å². The third-order valence-corrected chi connectivity index (χ3v) is 4.71. The number of aromatic amines is 1. The van der Waals surface area contributed by atoms with E-state index in [0.717, 1.165) is 33.1 Å². The molecule has 5 heteroatoms. The third kappa shape index (κ3) is 3.55. The Morgan fingerprint density at radius 3 is 2.67 bits per heavy atom. The Bertz CT molecular complexity index is 1070. The Morgan fingerprint density at radius 2 is 1.78 bits per heavy atom. The predicted octanol–water partition coefficient (Wildman–Crippen LogP) is 3.93. The number of ether oxygens (including phenoxy) is 1. The summed E-state index contributed by atoms with van der Waals surface area (Å²) in [5.74, 6) is 0.680. The molecule has 0 fully saturated rings. The van der Waals surface area contributed by atoms with E-state index in [9.17, 15) is 0 Å². The van der Waals surface area contributed by atoms with Gasteiger partial charge in [0.2, 0.25) is 0 Å². The van der Waals surface area contributed by atoms with Gasteiger partial charge >= 0.3 is 0 Å². The van der Waals surface area contributed by atoms with Crippen molar-refractivity contribution in [2.24, 2.45) is 0 Å². The highest BCUT2D eigenvalue weighted by Crippen LogP contribution is 2.32. The van der Waals surface area contributed by atoms with Crippen molar-refractivity contribution in [1.29, 1.82) is 0 Å². The molecule has 0 radical (unpaired) electrons. The molecule has 0 unspecified atom stereocenters. The molecule has 3 aromatic carbocycles. The van der Waals surface area contributed by atoms with Gasteiger partial charge in [0, 0.05) is 41.2 Å². The number of benzene rings is 3. The Balaban J connectivity index is 1.45. The van der Waals surface area contributed by atoms with E-state index in [0.29, 0.717) is 31.0 Å². The number of aliphatic hydroxyl groups is 1. The molecule has 4 aromatic rings. The molecule has 0 aliphatic heterocycles. The lowest BCUT2D eigenvalue weighted by Crippen LogP contribution is -2.13. The fourth-order valence-corrected chi connectivity index (χ4v) is 3.40. The van der Waals surface area contributed by atoms with Crippen LogP contribution in [-0.4, -0.2) is 29.8 Å². The maximum Gasteiger partial charge on any atom is 0.144 e. The van der Waals surface area contributed by atoms with Gasteiger partial charge in [0.1, 0.15) is 12.4 Å². The van der Waals surface area contributed by atoms with E-state index < -0.39 is 0 Å². The van der Waals surface area contributed by atoms with Crippen LogP contribution in [0.3, 0.4) is 0 Å². The number of hydrogen-bond acceptors (Lipinski definition) is 4. The van der Waals surface area contributed by atoms with Gasteiger partial charge < -0.3 is 25.9 Å². The number of fused-ring (bicyclic) bond motifs is 3. The first kappa shape index (κ1) is 17.2. The number of nitrogens with one attached hydrogen (secondary N) is 2. The molecule has 0 atom stereocenters. The molecule has 0 saturated carbocycles. The largest absolute Gasteiger partial charge is 0.490 e. The van der Waals surface area contributed by atoms with Crippen molar-refractivity contribution < 1.29 is 9.84 Å². The summed E-state index contributed by atoms with van der Waals surface area (Å²) in [6.07, 6.45) is 0.633. The molecular weight excluding hydrogens is 338 g/mol. The van der Waals surface area contributed by atoms with Crippen LogP contribution in [0.2, 0.25) is 0 Å². The second-order valence-corrected chi connectivity index (χ2v) is 6.51. The van der Waals surface area contributed by atoms with E-state index in [1.165, 1.54) is 0 Å². The lowest BCUT2D eigenvalue weighted by Gasteiger charge is -2.13. The van der Waals surface area contributed by atoms with Crippen LogP contribution in [0.1, 0.15) is 5.56 Å². The minimum Gasteiger partial charge on any atom is -0.490 e. The van der Waals surface area contributed by atoms with E-state index in [2.05, 4.69) is 22.4 Å². The maximum absolute atomic E-state index is 9.16. The zero-order valence-corrected chi connectivity index (χ0v) is 15.0. The Morgan fingerprint density at radius 1 is 0.963 bits per heavy atom. The molecule has 5 N–H and O–H groups in total. The van der Waals surface area contributed by atoms with Crippen molar-refractivity contribution in [2.75, 3.05) is 30.8 Å². The number of aromatic nitrogens is 1. The van der Waals surface area contributed by atoms with Crippen molar-refractivity contribution in [3.8, 4) is 5.75 Å². The van der Waals surface area contributed by atoms with Crippen LogP contribution in [0.4, 0.5) is 11.4 Å². The summed E-state index contributed by atoms with van der Waals surface area (Å²) in [4.78, 5) is 3.41. The Labute approximate surface area is 157 Å². The van der Waals surface area contributed by atoms with Crippen molar-refractivity contribution >= 4 is 33.2 Å². The van der Waals surface area contributed by atoms with Gasteiger partial charge in [-0.1, -0.05) is 36.4 Å². The van der Waals surface area contributed by atoms with Crippen molar-refractivity contribution in [2.45, 2.75) is 6.42 Å². The molecule has 0 amide bonds. The number of rotatable bonds is 7. The first-order valence-corrected chi connectivity index (χ1v) is 9.11. The fourth-order valence-electron chi connectivity index (χ4n) is 3.40. The molecule has 0 bridgehead atoms. The number of nitrogen functional groups attached to an aromatic ring is 1. The highest BCUT2D eigenvalue weighted by Gasteiger charge is 2.09. The molecule has 1 aromatic heterocycles. The van der Waals surface area contributed by atoms with Gasteiger partial charge in [0.15, 0.2) is 0 Å². The molecule has 27 heavy (non-hydrogen) atoms. The number of nitrogens with two attached hydrogens (primary N) is 1. The molecule has 0 spiro atoms. The highest BCUT2D eigenvalue weighted by molar-refractivity contribution is 6.08. The summed E-state index contributed by atoms with van der Waals surface area (Å²) >= 11 is 0. The van der Waals surface area contributed by atoms with E-state index in [1.54, 1.807) is 0 Å². The zero-order valence-electron chi connectivity index (χ0n) is 15.0. The smallest absolute Gasteiger partial charge is 0.144 e. The number of H-pyrrole nitrogens is 1. The van der Waals surface area contributed by atoms with Crippen LogP contribution in [0, 0.1) is 0 Å². The normalized spacial score (nSPS) is 11.1. The monoisotopic (exact) mass is 361 g/mol. The minimum absolute atomic E-state index is 0.135. The molecule has 4 rings (SSSR count). The van der Waals surface area contributed by atoms with Crippen LogP contribution >= 0.6 is 0 Å². The SMILES string of the molecule is Nc1cc2c(cc1OCCNc1ccccc1CCO)[nH]c1ccccc12. The predicted molar refractivity (Wildman–Crippen MR) is 111 cm³/mol. The standard InChI is InChI=1S/C22H23N3O2/c23-18-13-17-16-6-2-4-8-20(16)25-21(17)14-22(18)27-12-10-24-19-7-3-1-5-15(19)9-11-26/h1-8,13-14,24-26H,9-12,23H2. The number of aliphatic hydroxyl groups excluding tert-OH is 1. The van der Waals surface area contributed by atoms with E-state index in [-0.39, 0.29) is 6.61 Å². The van der Waals surface area contributed by atoms with Gasteiger partial charge in [-0.15, -0.1) is 0 Å². The summed E-state index contributed by atoms with van der Waals surface area (Å²) < 4.78 is 5.91. The molecule has 1 heterocycles. The molecular formula is C22H23N3O2. The molecule has 0 aliphatic rings. The Kier molecular flexibility index (Phi) is 4.85. The molecule has 0 aliphatic carbocycles. The number of para-hydroxylation sites is 2. The zero-order chi connectivity index (χ0) is 18.6. The maximum atomic E-state index is 9.16. The van der Waals surface area contributed by atoms with Crippen LogP contribution < -0.4 is 15.8 Å². The van der Waals surface area contributed by atoms with Gasteiger partial charge in [-0.25, -0.2) is 0 Å². The lowest BCUT2D eigenvalue weighted by atomic mass is 10.1. The van der Waals surface area contributed by atoms with Crippen LogP contribution in [0.5, 0.6) is 5.75 Å². The quantitative estimate of drug-likeness (QED) is 0.297. The summed E-state index contributed by atoms with van der Waals surface area (Å²) in [6, 6.07) is 20.1. The first-order chi connectivity index (χ1) is 13.3. The van der Waals surface area contributed by atoms with Gasteiger partial charge in [-0.2, -0.15) is 0 Å². The average molecular weight is 361 g/mol. The van der Waals surface area contributed by atoms with E-state index >= 15 is 0 Å². The first-order valence-electron chi connectivity index (χ1n) is 9.11. The third-order valence-electron chi connectivity index (χ3n) is 4.71. The van der Waals surface area contributed by atoms with Gasteiger partial charge in [0.25, 0.3) is 0 Å².